The number of carboxylic acids is 1. The van der Waals surface area contributed by atoms with E-state index in [-0.39, 0.29) is 18.8 Å². The smallest absolute Gasteiger partial charge is 0.408 e. The Kier molecular flexibility index (Phi) is 7.67. The molecule has 0 aliphatic rings. The number of aliphatic carboxylic acids is 1. The lowest BCUT2D eigenvalue weighted by atomic mass is 10.1. The number of rotatable bonds is 9. The second-order valence-corrected chi connectivity index (χ2v) is 6.40. The van der Waals surface area contributed by atoms with Gasteiger partial charge >= 0.3 is 12.1 Å². The van der Waals surface area contributed by atoms with E-state index in [1.807, 2.05) is 24.3 Å². The molecule has 2 aromatic carbocycles. The molecule has 0 spiro atoms. The summed E-state index contributed by atoms with van der Waals surface area (Å²) in [7, 11) is 0. The fraction of sp³-hybridized carbons (Fsp3) is 0.333. The molecule has 6 heteroatoms. The summed E-state index contributed by atoms with van der Waals surface area (Å²) in [6, 6.07) is 12.9. The van der Waals surface area contributed by atoms with Crippen molar-refractivity contribution in [1.82, 2.24) is 5.32 Å². The maximum atomic E-state index is 11.9. The van der Waals surface area contributed by atoms with Crippen LogP contribution in [0.5, 0.6) is 5.75 Å². The zero-order valence-electron chi connectivity index (χ0n) is 15.4. The fourth-order valence-electron chi connectivity index (χ4n) is 2.58. The number of benzene rings is 2. The minimum absolute atomic E-state index is 0.0748. The number of ether oxygens (including phenoxy) is 1. The molecule has 1 atom stereocenters. The molecule has 3 N–H and O–H groups in total. The van der Waals surface area contributed by atoms with Crippen LogP contribution in [-0.4, -0.2) is 28.3 Å². The lowest BCUT2D eigenvalue weighted by Crippen LogP contribution is -2.42. The number of aromatic hydroxyl groups is 1. The molecule has 0 saturated carbocycles. The van der Waals surface area contributed by atoms with E-state index >= 15 is 0 Å². The molecule has 0 heterocycles. The van der Waals surface area contributed by atoms with Gasteiger partial charge in [-0.25, -0.2) is 9.59 Å². The van der Waals surface area contributed by atoms with Gasteiger partial charge in [-0.3, -0.25) is 0 Å². The molecule has 27 heavy (non-hydrogen) atoms. The molecule has 6 nitrogen and oxygen atoms in total. The maximum Gasteiger partial charge on any atom is 0.408 e. The van der Waals surface area contributed by atoms with Crippen LogP contribution in [0, 0.1) is 0 Å². The van der Waals surface area contributed by atoms with Crippen molar-refractivity contribution in [3.8, 4) is 5.75 Å². The monoisotopic (exact) mass is 371 g/mol. The number of carbonyl (C=O) groups excluding carboxylic acids is 1. The van der Waals surface area contributed by atoms with Crippen molar-refractivity contribution < 1.29 is 24.5 Å². The average Bonchev–Trinajstić information content (AvgIpc) is 2.66. The standard InChI is InChI=1S/C21H25NO5/c1-2-3-4-15-5-7-17(8-6-15)14-27-21(26)22-19(20(24)25)13-16-9-11-18(23)12-10-16/h5-12,19,23H,2-4,13-14H2,1H3,(H,22,26)(H,24,25). The van der Waals surface area contributed by atoms with Crippen molar-refractivity contribution >= 4 is 12.1 Å². The van der Waals surface area contributed by atoms with Gasteiger partial charge in [-0.05, 0) is 41.7 Å². The molecular formula is C21H25NO5. The number of nitrogens with one attached hydrogen (secondary N) is 1. The molecule has 0 aliphatic carbocycles. The number of phenolic OH excluding ortho intramolecular Hbond substituents is 1. The Labute approximate surface area is 158 Å². The second kappa shape index (κ2) is 10.2. The van der Waals surface area contributed by atoms with Crippen LogP contribution < -0.4 is 5.32 Å². The molecule has 0 saturated heterocycles. The number of phenols is 1. The molecule has 0 radical (unpaired) electrons. The predicted octanol–water partition coefficient (Wildman–Crippen LogP) is 3.66. The Morgan fingerprint density at radius 3 is 2.19 bits per heavy atom. The molecule has 0 aromatic heterocycles. The SMILES string of the molecule is CCCCc1ccc(COC(=O)NC(Cc2ccc(O)cc2)C(=O)O)cc1. The van der Waals surface area contributed by atoms with Crippen LogP contribution >= 0.6 is 0 Å². The third kappa shape index (κ3) is 7.01. The van der Waals surface area contributed by atoms with Crippen LogP contribution in [0.2, 0.25) is 0 Å². The van der Waals surface area contributed by atoms with Crippen molar-refractivity contribution in [3.63, 3.8) is 0 Å². The highest BCUT2D eigenvalue weighted by atomic mass is 16.5. The largest absolute Gasteiger partial charge is 0.508 e. The number of hydrogen-bond acceptors (Lipinski definition) is 4. The summed E-state index contributed by atoms with van der Waals surface area (Å²) in [6.45, 7) is 2.22. The topological polar surface area (TPSA) is 95.9 Å². The third-order valence-corrected chi connectivity index (χ3v) is 4.18. The van der Waals surface area contributed by atoms with E-state index in [9.17, 15) is 19.8 Å². The first kappa shape index (κ1) is 20.3. The third-order valence-electron chi connectivity index (χ3n) is 4.18. The van der Waals surface area contributed by atoms with Gasteiger partial charge in [0.1, 0.15) is 18.4 Å². The van der Waals surface area contributed by atoms with E-state index in [1.165, 1.54) is 17.7 Å². The van der Waals surface area contributed by atoms with E-state index in [0.29, 0.717) is 5.56 Å². The number of amides is 1. The fourth-order valence-corrected chi connectivity index (χ4v) is 2.58. The van der Waals surface area contributed by atoms with Gasteiger partial charge in [0.2, 0.25) is 0 Å². The van der Waals surface area contributed by atoms with Crippen LogP contribution in [0.1, 0.15) is 36.5 Å². The van der Waals surface area contributed by atoms with Gasteiger partial charge in [-0.2, -0.15) is 0 Å². The lowest BCUT2D eigenvalue weighted by Gasteiger charge is -2.15. The van der Waals surface area contributed by atoms with Gasteiger partial charge in [0.25, 0.3) is 0 Å². The molecule has 1 amide bonds. The highest BCUT2D eigenvalue weighted by Gasteiger charge is 2.21. The molecule has 2 rings (SSSR count). The molecule has 144 valence electrons. The molecule has 0 aliphatic heterocycles. The first-order valence-corrected chi connectivity index (χ1v) is 8.99. The zero-order chi connectivity index (χ0) is 19.6. The molecule has 0 fully saturated rings. The first-order valence-electron chi connectivity index (χ1n) is 8.99. The summed E-state index contributed by atoms with van der Waals surface area (Å²) in [5.41, 5.74) is 2.77. The molecule has 1 unspecified atom stereocenters. The number of hydrogen-bond donors (Lipinski definition) is 3. The summed E-state index contributed by atoms with van der Waals surface area (Å²) in [6.07, 6.45) is 2.61. The molecular weight excluding hydrogens is 346 g/mol. The van der Waals surface area contributed by atoms with Crippen LogP contribution in [0.3, 0.4) is 0 Å². The van der Waals surface area contributed by atoms with E-state index < -0.39 is 18.1 Å². The number of carboxylic acid groups (broad SMARTS) is 1. The zero-order valence-corrected chi connectivity index (χ0v) is 15.4. The van der Waals surface area contributed by atoms with Gasteiger partial charge in [0.05, 0.1) is 0 Å². The Balaban J connectivity index is 1.84. The van der Waals surface area contributed by atoms with Gasteiger partial charge < -0.3 is 20.3 Å². The van der Waals surface area contributed by atoms with Crippen LogP contribution in [-0.2, 0) is 29.0 Å². The predicted molar refractivity (Wildman–Crippen MR) is 102 cm³/mol. The van der Waals surface area contributed by atoms with Gasteiger partial charge in [0.15, 0.2) is 0 Å². The van der Waals surface area contributed by atoms with E-state index in [1.54, 1.807) is 12.1 Å². The van der Waals surface area contributed by atoms with Crippen molar-refractivity contribution in [2.75, 3.05) is 0 Å². The minimum atomic E-state index is -1.15. The lowest BCUT2D eigenvalue weighted by molar-refractivity contribution is -0.139. The summed E-state index contributed by atoms with van der Waals surface area (Å²) < 4.78 is 5.13. The Morgan fingerprint density at radius 2 is 1.59 bits per heavy atom. The summed E-state index contributed by atoms with van der Waals surface area (Å²) in [5, 5.41) is 20.9. The maximum absolute atomic E-state index is 11.9. The normalized spacial score (nSPS) is 11.6. The molecule has 2 aromatic rings. The van der Waals surface area contributed by atoms with E-state index in [4.69, 9.17) is 4.74 Å². The van der Waals surface area contributed by atoms with Crippen molar-refractivity contribution in [2.45, 2.75) is 45.3 Å². The summed E-state index contributed by atoms with van der Waals surface area (Å²) >= 11 is 0. The number of unbranched alkanes of at least 4 members (excludes halogenated alkanes) is 1. The van der Waals surface area contributed by atoms with Crippen molar-refractivity contribution in [1.29, 1.82) is 0 Å². The van der Waals surface area contributed by atoms with Crippen LogP contribution in [0.15, 0.2) is 48.5 Å². The van der Waals surface area contributed by atoms with E-state index in [2.05, 4.69) is 12.2 Å². The van der Waals surface area contributed by atoms with Gasteiger partial charge in [-0.1, -0.05) is 49.7 Å². The minimum Gasteiger partial charge on any atom is -0.508 e. The highest BCUT2D eigenvalue weighted by molar-refractivity contribution is 5.80. The van der Waals surface area contributed by atoms with Crippen LogP contribution in [0.4, 0.5) is 4.79 Å². The summed E-state index contributed by atoms with van der Waals surface area (Å²) in [4.78, 5) is 23.3. The Hall–Kier alpha value is -3.02. The van der Waals surface area contributed by atoms with Gasteiger partial charge in [-0.15, -0.1) is 0 Å². The average molecular weight is 371 g/mol. The Morgan fingerprint density at radius 1 is 1.00 bits per heavy atom. The first-order chi connectivity index (χ1) is 13.0. The molecule has 0 bridgehead atoms. The van der Waals surface area contributed by atoms with Crippen LogP contribution in [0.25, 0.3) is 0 Å². The quantitative estimate of drug-likeness (QED) is 0.625. The Bertz CT molecular complexity index is 740. The highest BCUT2D eigenvalue weighted by Crippen LogP contribution is 2.12. The van der Waals surface area contributed by atoms with Crippen molar-refractivity contribution in [3.05, 3.63) is 65.2 Å². The van der Waals surface area contributed by atoms with Gasteiger partial charge in [0, 0.05) is 6.42 Å². The van der Waals surface area contributed by atoms with E-state index in [0.717, 1.165) is 24.8 Å². The van der Waals surface area contributed by atoms with Crippen molar-refractivity contribution in [2.24, 2.45) is 0 Å². The number of carbonyl (C=O) groups is 2. The second-order valence-electron chi connectivity index (χ2n) is 6.40. The number of aryl methyl sites for hydroxylation is 1. The number of alkyl carbamates (subject to hydrolysis) is 1. The summed E-state index contributed by atoms with van der Waals surface area (Å²) in [5.74, 6) is -1.06.